The monoisotopic (exact) mass is 504 g/mol. The Kier molecular flexibility index (Phi) is 7.82. The quantitative estimate of drug-likeness (QED) is 0.303. The Labute approximate surface area is 226 Å². The van der Waals surface area contributed by atoms with E-state index in [0.717, 1.165) is 38.1 Å². The van der Waals surface area contributed by atoms with Crippen LogP contribution in [-0.4, -0.2) is 26.3 Å². The van der Waals surface area contributed by atoms with E-state index in [-0.39, 0.29) is 16.2 Å². The van der Waals surface area contributed by atoms with Crippen molar-refractivity contribution in [2.45, 2.75) is 135 Å². The van der Waals surface area contributed by atoms with Gasteiger partial charge in [-0.3, -0.25) is 0 Å². The highest BCUT2D eigenvalue weighted by molar-refractivity contribution is 5.11. The van der Waals surface area contributed by atoms with E-state index in [1.165, 1.54) is 38.5 Å². The highest BCUT2D eigenvalue weighted by Crippen LogP contribution is 2.64. The van der Waals surface area contributed by atoms with Crippen molar-refractivity contribution in [1.29, 1.82) is 0 Å². The highest BCUT2D eigenvalue weighted by Gasteiger charge is 2.61. The second-order valence-corrected chi connectivity index (χ2v) is 18.3. The number of rotatable bonds is 11. The number of ether oxygens (including phenoxy) is 1. The normalized spacial score (nSPS) is 24.2. The van der Waals surface area contributed by atoms with Crippen LogP contribution < -0.4 is 5.32 Å². The third-order valence-electron chi connectivity index (χ3n) is 12.5. The molecule has 36 heavy (non-hydrogen) atoms. The first-order valence-electron chi connectivity index (χ1n) is 15.3. The van der Waals surface area contributed by atoms with Crippen molar-refractivity contribution >= 4 is 0 Å². The van der Waals surface area contributed by atoms with Gasteiger partial charge in [-0.25, -0.2) is 0 Å². The van der Waals surface area contributed by atoms with Crippen LogP contribution in [0.2, 0.25) is 0 Å². The van der Waals surface area contributed by atoms with Crippen molar-refractivity contribution in [2.75, 3.05) is 26.3 Å². The fourth-order valence-corrected chi connectivity index (χ4v) is 9.48. The van der Waals surface area contributed by atoms with Gasteiger partial charge in [0.2, 0.25) is 0 Å². The maximum atomic E-state index is 6.07. The Bertz CT molecular complexity index is 760. The molecule has 212 valence electrons. The summed E-state index contributed by atoms with van der Waals surface area (Å²) in [5, 5.41) is 3.63. The lowest BCUT2D eigenvalue weighted by Gasteiger charge is -2.64. The molecule has 2 aliphatic heterocycles. The molecule has 2 heteroatoms. The maximum Gasteiger partial charge on any atom is 0.0555 e. The van der Waals surface area contributed by atoms with Crippen LogP contribution >= 0.6 is 0 Å². The summed E-state index contributed by atoms with van der Waals surface area (Å²) in [4.78, 5) is 0. The van der Waals surface area contributed by atoms with Crippen molar-refractivity contribution in [2.24, 2.45) is 55.2 Å². The van der Waals surface area contributed by atoms with E-state index in [4.69, 9.17) is 4.74 Å². The minimum atomic E-state index is 0.256. The summed E-state index contributed by atoms with van der Waals surface area (Å²) in [5.41, 5.74) is 2.56. The van der Waals surface area contributed by atoms with Gasteiger partial charge in [0.15, 0.2) is 0 Å². The van der Waals surface area contributed by atoms with Crippen LogP contribution in [0.5, 0.6) is 0 Å². The van der Waals surface area contributed by atoms with Crippen molar-refractivity contribution in [3.63, 3.8) is 0 Å². The van der Waals surface area contributed by atoms with E-state index in [2.05, 4.69) is 102 Å². The lowest BCUT2D eigenvalue weighted by molar-refractivity contribution is -0.242. The van der Waals surface area contributed by atoms with Crippen molar-refractivity contribution in [3.05, 3.63) is 0 Å². The summed E-state index contributed by atoms with van der Waals surface area (Å²) in [6.07, 6.45) is 8.07. The second-order valence-electron chi connectivity index (χ2n) is 18.3. The standard InChI is InChI=1S/C34H65NO/c1-27(2,3)26(25-15-16-25)29(7,8)17-18-31(11,12)34(23-36-24-34)32(13,14)20-19-30(9,10)33(21-35-22-33)28(4,5)6/h25-26,35H,15-24H2,1-14H3. The van der Waals surface area contributed by atoms with E-state index >= 15 is 0 Å². The Balaban J connectivity index is 1.75. The van der Waals surface area contributed by atoms with E-state index in [1.54, 1.807) is 0 Å². The number of hydrogen-bond acceptors (Lipinski definition) is 2. The average molecular weight is 504 g/mol. The zero-order valence-electron chi connectivity index (χ0n) is 27.1. The smallest absolute Gasteiger partial charge is 0.0555 e. The summed E-state index contributed by atoms with van der Waals surface area (Å²) in [7, 11) is 0. The van der Waals surface area contributed by atoms with Gasteiger partial charge in [0.1, 0.15) is 0 Å². The second kappa shape index (κ2) is 9.25. The molecule has 0 aromatic carbocycles. The van der Waals surface area contributed by atoms with Gasteiger partial charge in [0.25, 0.3) is 0 Å². The summed E-state index contributed by atoms with van der Waals surface area (Å²) in [6, 6.07) is 0. The largest absolute Gasteiger partial charge is 0.380 e. The first kappa shape index (κ1) is 30.5. The predicted molar refractivity (Wildman–Crippen MR) is 157 cm³/mol. The zero-order valence-corrected chi connectivity index (χ0v) is 27.1. The first-order valence-corrected chi connectivity index (χ1v) is 15.3. The Morgan fingerprint density at radius 3 is 1.33 bits per heavy atom. The van der Waals surface area contributed by atoms with Crippen LogP contribution in [0, 0.1) is 55.2 Å². The summed E-state index contributed by atoms with van der Waals surface area (Å²) in [6.45, 7) is 39.6. The first-order chi connectivity index (χ1) is 16.1. The van der Waals surface area contributed by atoms with Crippen molar-refractivity contribution in [3.8, 4) is 0 Å². The molecule has 0 aromatic heterocycles. The van der Waals surface area contributed by atoms with Crippen molar-refractivity contribution < 1.29 is 4.74 Å². The molecule has 2 heterocycles. The lowest BCUT2D eigenvalue weighted by atomic mass is 9.45. The van der Waals surface area contributed by atoms with Crippen molar-refractivity contribution in [1.82, 2.24) is 5.32 Å². The molecule has 1 atom stereocenters. The maximum absolute atomic E-state index is 6.07. The fourth-order valence-electron chi connectivity index (χ4n) is 9.48. The number of nitrogens with one attached hydrogen (secondary N) is 1. The minimum absolute atomic E-state index is 0.256. The Morgan fingerprint density at radius 2 is 1.06 bits per heavy atom. The molecule has 3 fully saturated rings. The van der Waals surface area contributed by atoms with Crippen LogP contribution in [0.25, 0.3) is 0 Å². The molecule has 0 amide bonds. The molecule has 3 rings (SSSR count). The molecule has 2 nitrogen and oxygen atoms in total. The van der Waals surface area contributed by atoms with Gasteiger partial charge in [0, 0.05) is 23.9 Å². The van der Waals surface area contributed by atoms with Gasteiger partial charge in [-0.05, 0) is 82.9 Å². The molecular formula is C34H65NO. The molecule has 0 spiro atoms. The summed E-state index contributed by atoms with van der Waals surface area (Å²) < 4.78 is 6.07. The molecule has 3 aliphatic rings. The van der Waals surface area contributed by atoms with Crippen LogP contribution in [0.15, 0.2) is 0 Å². The van der Waals surface area contributed by atoms with Gasteiger partial charge >= 0.3 is 0 Å². The van der Waals surface area contributed by atoms with E-state index in [9.17, 15) is 0 Å². The van der Waals surface area contributed by atoms with E-state index < -0.39 is 0 Å². The molecule has 0 radical (unpaired) electrons. The van der Waals surface area contributed by atoms with Crippen LogP contribution in [0.4, 0.5) is 0 Å². The van der Waals surface area contributed by atoms with Crippen LogP contribution in [-0.2, 0) is 4.74 Å². The van der Waals surface area contributed by atoms with E-state index in [1.807, 2.05) is 0 Å². The molecule has 0 aromatic rings. The summed E-state index contributed by atoms with van der Waals surface area (Å²) >= 11 is 0. The molecule has 1 unspecified atom stereocenters. The molecule has 0 bridgehead atoms. The third kappa shape index (κ3) is 5.10. The molecular weight excluding hydrogens is 438 g/mol. The van der Waals surface area contributed by atoms with E-state index in [0.29, 0.717) is 27.1 Å². The SMILES string of the molecule is CC(C)(C)C(C1CC1)C(C)(C)CCC(C)(C)C1(C(C)(C)CCC(C)(C)C2(C(C)(C)C)CNC2)COC1. The Morgan fingerprint density at radius 1 is 0.639 bits per heavy atom. The predicted octanol–water partition coefficient (Wildman–Crippen LogP) is 9.38. The number of hydrogen-bond donors (Lipinski definition) is 1. The molecule has 1 saturated carbocycles. The molecule has 1 aliphatic carbocycles. The summed E-state index contributed by atoms with van der Waals surface area (Å²) in [5.74, 6) is 1.76. The minimum Gasteiger partial charge on any atom is -0.380 e. The lowest BCUT2D eigenvalue weighted by Crippen LogP contribution is -2.67. The van der Waals surface area contributed by atoms with Gasteiger partial charge in [-0.2, -0.15) is 0 Å². The average Bonchev–Trinajstić information content (AvgIpc) is 3.37. The third-order valence-corrected chi connectivity index (χ3v) is 12.5. The zero-order chi connectivity index (χ0) is 27.6. The van der Waals surface area contributed by atoms with Gasteiger partial charge in [-0.15, -0.1) is 0 Å². The van der Waals surface area contributed by atoms with Gasteiger partial charge < -0.3 is 10.1 Å². The highest BCUT2D eigenvalue weighted by atomic mass is 16.5. The Hall–Kier alpha value is -0.0800. The molecule has 1 N–H and O–H groups in total. The topological polar surface area (TPSA) is 21.3 Å². The van der Waals surface area contributed by atoms with Gasteiger partial charge in [-0.1, -0.05) is 96.9 Å². The molecule has 2 saturated heterocycles. The van der Waals surface area contributed by atoms with Crippen LogP contribution in [0.1, 0.15) is 135 Å². The van der Waals surface area contributed by atoms with Gasteiger partial charge in [0.05, 0.1) is 13.2 Å². The fraction of sp³-hybridized carbons (Fsp3) is 1.00. The van der Waals surface area contributed by atoms with Crippen LogP contribution in [0.3, 0.4) is 0 Å².